The highest BCUT2D eigenvalue weighted by molar-refractivity contribution is 5.97. The summed E-state index contributed by atoms with van der Waals surface area (Å²) in [5.41, 5.74) is 12.2. The molecular weight excluding hydrogens is 673 g/mol. The van der Waals surface area contributed by atoms with Crippen molar-refractivity contribution >= 4 is 11.9 Å². The van der Waals surface area contributed by atoms with Gasteiger partial charge < -0.3 is 14.7 Å². The Morgan fingerprint density at radius 2 is 1.30 bits per heavy atom. The number of nitrogens with zero attached hydrogens (tertiary/aromatic N) is 4. The summed E-state index contributed by atoms with van der Waals surface area (Å²) >= 11 is 0. The number of ether oxygens (including phenoxy) is 1. The Kier molecular flexibility index (Phi) is 7.05. The third-order valence-electron chi connectivity index (χ3n) is 12.9. The van der Waals surface area contributed by atoms with Crippen LogP contribution in [-0.4, -0.2) is 65.8 Å². The van der Waals surface area contributed by atoms with E-state index in [1.54, 1.807) is 0 Å². The minimum absolute atomic E-state index is 0.0647. The number of aromatic amines is 2. The van der Waals surface area contributed by atoms with Crippen molar-refractivity contribution in [2.24, 2.45) is 11.8 Å². The van der Waals surface area contributed by atoms with Crippen molar-refractivity contribution in [3.8, 4) is 33.6 Å². The van der Waals surface area contributed by atoms with Crippen LogP contribution in [-0.2, 0) is 30.4 Å². The number of fused-ring (bicyclic) bond motifs is 8. The molecule has 274 valence electrons. The van der Waals surface area contributed by atoms with E-state index < -0.39 is 5.60 Å². The standard InChI is InChI=1S/C45H46N6O3/c1-45(2,3)54-44(53)51-36-20-30(36)22-38(51)43-47-34-16-12-28-18-26(10-14-32(28)41(34)49-43)25-9-13-31-27(17-25)11-15-33-40(31)48-42(46-33)37-21-29-19-35(29)50(37)23-39(52)24-7-5-4-6-8-24/h4-10,13-14,17-18,29-30,35-38H,11-12,15-16,19-23H2,1-3H3,(H,46,48)(H,47,49)/t29-,30-,35-,36-,37+,38+/m1/s1. The number of ketones is 1. The van der Waals surface area contributed by atoms with Gasteiger partial charge in [0.2, 0.25) is 0 Å². The molecule has 2 saturated heterocycles. The molecule has 5 aromatic rings. The monoisotopic (exact) mass is 718 g/mol. The van der Waals surface area contributed by atoms with Crippen molar-refractivity contribution in [2.45, 2.75) is 102 Å². The molecule has 11 rings (SSSR count). The SMILES string of the molecule is CC(C)(C)OC(=O)N1[C@@H]2C[C@@H]2C[C@H]1c1nc2c([nH]1)CCc1cc(-c3ccc4c(c3)CCc3[nH]c([C@@H]5C[C@H]6C[C@H]6N5CC(=O)c5ccccc5)nc3-4)ccc1-2. The molecule has 6 atom stereocenters. The first-order valence-electron chi connectivity index (χ1n) is 19.9. The van der Waals surface area contributed by atoms with E-state index in [1.807, 2.05) is 56.0 Å². The summed E-state index contributed by atoms with van der Waals surface area (Å²) in [4.78, 5) is 48.6. The summed E-state index contributed by atoms with van der Waals surface area (Å²) in [5.74, 6) is 3.31. The van der Waals surface area contributed by atoms with Gasteiger partial charge in [-0.2, -0.15) is 0 Å². The summed E-state index contributed by atoms with van der Waals surface area (Å²) < 4.78 is 5.82. The van der Waals surface area contributed by atoms with Crippen molar-refractivity contribution in [3.05, 3.63) is 106 Å². The summed E-state index contributed by atoms with van der Waals surface area (Å²) in [5, 5.41) is 0. The van der Waals surface area contributed by atoms with E-state index in [2.05, 4.69) is 51.3 Å². The lowest BCUT2D eigenvalue weighted by molar-refractivity contribution is 0.0175. The smallest absolute Gasteiger partial charge is 0.411 e. The first kappa shape index (κ1) is 32.4. The van der Waals surface area contributed by atoms with Gasteiger partial charge in [0, 0.05) is 40.2 Å². The lowest BCUT2D eigenvalue weighted by atomic mass is 9.87. The maximum absolute atomic E-state index is 13.2. The summed E-state index contributed by atoms with van der Waals surface area (Å²) in [6.45, 7) is 6.23. The lowest BCUT2D eigenvalue weighted by Gasteiger charge is -2.29. The molecule has 0 radical (unpaired) electrons. The minimum atomic E-state index is -0.526. The van der Waals surface area contributed by atoms with E-state index in [0.717, 1.165) is 73.5 Å². The van der Waals surface area contributed by atoms with Crippen molar-refractivity contribution in [3.63, 3.8) is 0 Å². The molecule has 2 saturated carbocycles. The Balaban J connectivity index is 0.833. The van der Waals surface area contributed by atoms with Gasteiger partial charge in [-0.25, -0.2) is 14.8 Å². The second kappa shape index (κ2) is 11.7. The number of aromatic nitrogens is 4. The van der Waals surface area contributed by atoms with Gasteiger partial charge in [-0.3, -0.25) is 14.6 Å². The number of rotatable bonds is 6. The Morgan fingerprint density at radius 1 is 0.722 bits per heavy atom. The first-order chi connectivity index (χ1) is 26.1. The fourth-order valence-corrected chi connectivity index (χ4v) is 10.1. The van der Waals surface area contributed by atoms with Gasteiger partial charge in [0.05, 0.1) is 30.0 Å². The molecule has 0 unspecified atom stereocenters. The van der Waals surface area contributed by atoms with Gasteiger partial charge in [-0.05, 0) is 106 Å². The summed E-state index contributed by atoms with van der Waals surface area (Å²) in [6.07, 6.45) is 7.79. The molecule has 0 bridgehead atoms. The predicted molar refractivity (Wildman–Crippen MR) is 206 cm³/mol. The van der Waals surface area contributed by atoms with Gasteiger partial charge in [-0.15, -0.1) is 0 Å². The number of amides is 1. The van der Waals surface area contributed by atoms with Crippen LogP contribution in [0.5, 0.6) is 0 Å². The Labute approximate surface area is 315 Å². The predicted octanol–water partition coefficient (Wildman–Crippen LogP) is 8.42. The van der Waals surface area contributed by atoms with Crippen LogP contribution in [0, 0.1) is 11.8 Å². The zero-order valence-corrected chi connectivity index (χ0v) is 31.2. The number of carbonyl (C=O) groups is 2. The molecule has 2 N–H and O–H groups in total. The zero-order valence-electron chi connectivity index (χ0n) is 31.2. The van der Waals surface area contributed by atoms with Gasteiger partial charge in [-0.1, -0.05) is 66.7 Å². The first-order valence-corrected chi connectivity index (χ1v) is 19.9. The van der Waals surface area contributed by atoms with Crippen LogP contribution in [0.3, 0.4) is 0 Å². The summed E-state index contributed by atoms with van der Waals surface area (Å²) in [6, 6.07) is 24.2. The van der Waals surface area contributed by atoms with Gasteiger partial charge >= 0.3 is 6.09 Å². The van der Waals surface area contributed by atoms with E-state index in [-0.39, 0.29) is 30.0 Å². The van der Waals surface area contributed by atoms with E-state index in [0.29, 0.717) is 24.4 Å². The zero-order chi connectivity index (χ0) is 36.5. The molecule has 1 amide bonds. The van der Waals surface area contributed by atoms with Crippen LogP contribution in [0.1, 0.15) is 103 Å². The number of imidazole rings is 2. The van der Waals surface area contributed by atoms with Gasteiger partial charge in [0.25, 0.3) is 0 Å². The van der Waals surface area contributed by atoms with Crippen LogP contribution in [0.4, 0.5) is 4.79 Å². The van der Waals surface area contributed by atoms with Crippen LogP contribution in [0.15, 0.2) is 66.7 Å². The molecule has 3 aromatic carbocycles. The molecular formula is C45H46N6O3. The normalized spacial score (nSPS) is 25.9. The highest BCUT2D eigenvalue weighted by atomic mass is 16.6. The molecule has 9 nitrogen and oxygen atoms in total. The number of H-pyrrole nitrogens is 2. The summed E-state index contributed by atoms with van der Waals surface area (Å²) in [7, 11) is 0. The van der Waals surface area contributed by atoms with E-state index in [4.69, 9.17) is 14.7 Å². The highest BCUT2D eigenvalue weighted by Crippen LogP contribution is 2.55. The Bertz CT molecular complexity index is 2350. The van der Waals surface area contributed by atoms with Crippen LogP contribution in [0.25, 0.3) is 33.6 Å². The maximum Gasteiger partial charge on any atom is 0.411 e. The maximum atomic E-state index is 13.2. The number of piperidine rings is 2. The largest absolute Gasteiger partial charge is 0.444 e. The number of aryl methyl sites for hydroxylation is 4. The Hall–Kier alpha value is -5.02. The average molecular weight is 719 g/mol. The fraction of sp³-hybridized carbons (Fsp3) is 0.422. The minimum Gasteiger partial charge on any atom is -0.444 e. The van der Waals surface area contributed by atoms with Crippen molar-refractivity contribution < 1.29 is 14.3 Å². The number of hydrogen-bond acceptors (Lipinski definition) is 6. The van der Waals surface area contributed by atoms with Gasteiger partial charge in [0.1, 0.15) is 17.2 Å². The van der Waals surface area contributed by atoms with Crippen LogP contribution in [0.2, 0.25) is 0 Å². The molecule has 9 heteroatoms. The number of nitrogens with one attached hydrogen (secondary N) is 2. The quantitative estimate of drug-likeness (QED) is 0.171. The van der Waals surface area contributed by atoms with Crippen LogP contribution < -0.4 is 0 Å². The van der Waals surface area contributed by atoms with E-state index >= 15 is 0 Å². The molecule has 2 aromatic heterocycles. The molecule has 54 heavy (non-hydrogen) atoms. The van der Waals surface area contributed by atoms with E-state index in [1.165, 1.54) is 51.2 Å². The van der Waals surface area contributed by atoms with Crippen LogP contribution >= 0.6 is 0 Å². The highest BCUT2D eigenvalue weighted by Gasteiger charge is 2.56. The second-order valence-electron chi connectivity index (χ2n) is 17.6. The number of likely N-dealkylation sites (tertiary alicyclic amines) is 2. The van der Waals surface area contributed by atoms with Crippen molar-refractivity contribution in [1.82, 2.24) is 29.7 Å². The molecule has 4 heterocycles. The molecule has 4 fully saturated rings. The Morgan fingerprint density at radius 3 is 1.93 bits per heavy atom. The van der Waals surface area contributed by atoms with Crippen molar-refractivity contribution in [1.29, 1.82) is 0 Å². The third kappa shape index (κ3) is 5.37. The topological polar surface area (TPSA) is 107 Å². The number of hydrogen-bond donors (Lipinski definition) is 2. The van der Waals surface area contributed by atoms with E-state index in [9.17, 15) is 9.59 Å². The fourth-order valence-electron chi connectivity index (χ4n) is 10.1. The number of benzene rings is 3. The molecule has 6 aliphatic rings. The number of carbonyl (C=O) groups excluding carboxylic acids is 2. The third-order valence-corrected chi connectivity index (χ3v) is 12.9. The van der Waals surface area contributed by atoms with Crippen molar-refractivity contribution in [2.75, 3.05) is 6.54 Å². The average Bonchev–Trinajstić information content (AvgIpc) is 3.83. The second-order valence-corrected chi connectivity index (χ2v) is 17.6. The number of Topliss-reactive ketones (excluding diaryl/α,β-unsaturated/α-hetero) is 1. The lowest BCUT2D eigenvalue weighted by Crippen LogP contribution is -2.38. The molecule has 0 spiro atoms. The molecule has 2 aliphatic heterocycles. The van der Waals surface area contributed by atoms with Gasteiger partial charge in [0.15, 0.2) is 5.78 Å². The molecule has 4 aliphatic carbocycles.